The zero-order valence-corrected chi connectivity index (χ0v) is 8.86. The highest BCUT2D eigenvalue weighted by Crippen LogP contribution is 2.32. The number of hydrogen-bond acceptors (Lipinski definition) is 3. The molecule has 0 amide bonds. The Morgan fingerprint density at radius 1 is 1.62 bits per heavy atom. The van der Waals surface area contributed by atoms with Crippen LogP contribution < -0.4 is 5.73 Å². The molecular formula is C10H16N2S. The minimum atomic E-state index is 0.752. The van der Waals surface area contributed by atoms with Gasteiger partial charge in [0.2, 0.25) is 0 Å². The first-order valence-electron chi connectivity index (χ1n) is 5.03. The van der Waals surface area contributed by atoms with Crippen molar-refractivity contribution in [2.24, 2.45) is 5.92 Å². The van der Waals surface area contributed by atoms with E-state index in [4.69, 9.17) is 5.73 Å². The smallest absolute Gasteiger partial charge is 0.180 e. The van der Waals surface area contributed by atoms with E-state index in [9.17, 15) is 0 Å². The Kier molecular flexibility index (Phi) is 2.54. The summed E-state index contributed by atoms with van der Waals surface area (Å²) in [6, 6.07) is 0. The molecule has 2 N–H and O–H groups in total. The summed E-state index contributed by atoms with van der Waals surface area (Å²) in [5, 5.41) is 0.752. The van der Waals surface area contributed by atoms with Crippen molar-refractivity contribution in [2.75, 3.05) is 5.73 Å². The van der Waals surface area contributed by atoms with Crippen molar-refractivity contribution in [3.8, 4) is 0 Å². The van der Waals surface area contributed by atoms with E-state index in [2.05, 4.69) is 11.9 Å². The third-order valence-corrected chi connectivity index (χ3v) is 3.70. The summed E-state index contributed by atoms with van der Waals surface area (Å²) in [5.41, 5.74) is 6.96. The van der Waals surface area contributed by atoms with Gasteiger partial charge in [-0.25, -0.2) is 4.98 Å². The van der Waals surface area contributed by atoms with E-state index < -0.39 is 0 Å². The molecule has 0 aromatic carbocycles. The van der Waals surface area contributed by atoms with Gasteiger partial charge >= 0.3 is 0 Å². The number of aromatic nitrogens is 1. The van der Waals surface area contributed by atoms with Crippen molar-refractivity contribution in [1.29, 1.82) is 0 Å². The molecule has 0 saturated carbocycles. The molecule has 1 atom stereocenters. The Bertz CT molecular complexity index is 293. The van der Waals surface area contributed by atoms with E-state index in [0.717, 1.165) is 17.5 Å². The second-order valence-corrected chi connectivity index (χ2v) is 4.93. The normalized spacial score (nSPS) is 21.5. The van der Waals surface area contributed by atoms with Gasteiger partial charge in [0.05, 0.1) is 5.69 Å². The van der Waals surface area contributed by atoms with Gasteiger partial charge in [0.1, 0.15) is 0 Å². The number of thiazole rings is 1. The number of rotatable bonds is 2. The number of aryl methyl sites for hydroxylation is 1. The van der Waals surface area contributed by atoms with Gasteiger partial charge in [0.15, 0.2) is 5.13 Å². The molecule has 0 spiro atoms. The molecule has 1 aromatic rings. The van der Waals surface area contributed by atoms with Gasteiger partial charge in [0.25, 0.3) is 0 Å². The maximum Gasteiger partial charge on any atom is 0.180 e. The van der Waals surface area contributed by atoms with Gasteiger partial charge in [-0.05, 0) is 25.2 Å². The molecule has 3 heteroatoms. The number of nitrogens with zero attached hydrogens (tertiary/aromatic N) is 1. The van der Waals surface area contributed by atoms with E-state index in [1.54, 1.807) is 11.3 Å². The second kappa shape index (κ2) is 3.66. The van der Waals surface area contributed by atoms with Crippen LogP contribution in [0, 0.1) is 5.92 Å². The molecule has 1 aromatic heterocycles. The van der Waals surface area contributed by atoms with Crippen LogP contribution in [0.25, 0.3) is 0 Å². The van der Waals surface area contributed by atoms with Gasteiger partial charge in [-0.15, -0.1) is 11.3 Å². The second-order valence-electron chi connectivity index (χ2n) is 3.82. The van der Waals surface area contributed by atoms with Crippen LogP contribution in [0.5, 0.6) is 0 Å². The molecule has 72 valence electrons. The topological polar surface area (TPSA) is 38.9 Å². The minimum Gasteiger partial charge on any atom is -0.375 e. The summed E-state index contributed by atoms with van der Waals surface area (Å²) in [6.07, 6.45) is 6.33. The SMILES string of the molecule is CCC[C@H]1CCc2nc(N)sc2C1. The summed E-state index contributed by atoms with van der Waals surface area (Å²) < 4.78 is 0. The predicted molar refractivity (Wildman–Crippen MR) is 56.9 cm³/mol. The number of hydrogen-bond donors (Lipinski definition) is 1. The average Bonchev–Trinajstić information content (AvgIpc) is 2.44. The summed E-state index contributed by atoms with van der Waals surface area (Å²) >= 11 is 1.69. The summed E-state index contributed by atoms with van der Waals surface area (Å²) in [5.74, 6) is 0.886. The van der Waals surface area contributed by atoms with Crippen molar-refractivity contribution in [3.63, 3.8) is 0 Å². The van der Waals surface area contributed by atoms with E-state index in [1.165, 1.54) is 36.3 Å². The van der Waals surface area contributed by atoms with Crippen LogP contribution in [-0.2, 0) is 12.8 Å². The summed E-state index contributed by atoms with van der Waals surface area (Å²) in [7, 11) is 0. The fourth-order valence-electron chi connectivity index (χ4n) is 2.12. The maximum absolute atomic E-state index is 5.69. The van der Waals surface area contributed by atoms with Crippen LogP contribution in [0.3, 0.4) is 0 Å². The quantitative estimate of drug-likeness (QED) is 0.789. The molecule has 0 bridgehead atoms. The number of fused-ring (bicyclic) bond motifs is 1. The lowest BCUT2D eigenvalue weighted by atomic mass is 9.88. The molecule has 13 heavy (non-hydrogen) atoms. The van der Waals surface area contributed by atoms with Crippen LogP contribution >= 0.6 is 11.3 Å². The molecule has 1 aliphatic carbocycles. The number of anilines is 1. The van der Waals surface area contributed by atoms with Crippen molar-refractivity contribution >= 4 is 16.5 Å². The molecule has 0 fully saturated rings. The largest absolute Gasteiger partial charge is 0.375 e. The molecule has 0 unspecified atom stereocenters. The van der Waals surface area contributed by atoms with Crippen molar-refractivity contribution < 1.29 is 0 Å². The van der Waals surface area contributed by atoms with E-state index in [0.29, 0.717) is 0 Å². The fraction of sp³-hybridized carbons (Fsp3) is 0.700. The molecule has 2 rings (SSSR count). The first kappa shape index (κ1) is 9.00. The van der Waals surface area contributed by atoms with Gasteiger partial charge in [0, 0.05) is 4.88 Å². The fourth-order valence-corrected chi connectivity index (χ4v) is 3.11. The first-order valence-corrected chi connectivity index (χ1v) is 5.85. The van der Waals surface area contributed by atoms with Crippen molar-refractivity contribution in [3.05, 3.63) is 10.6 Å². The lowest BCUT2D eigenvalue weighted by Crippen LogP contribution is -2.12. The highest BCUT2D eigenvalue weighted by molar-refractivity contribution is 7.15. The molecular weight excluding hydrogens is 180 g/mol. The average molecular weight is 196 g/mol. The highest BCUT2D eigenvalue weighted by atomic mass is 32.1. The van der Waals surface area contributed by atoms with E-state index in [1.807, 2.05) is 0 Å². The van der Waals surface area contributed by atoms with Gasteiger partial charge < -0.3 is 5.73 Å². The Labute approximate surface area is 83.2 Å². The first-order chi connectivity index (χ1) is 6.29. The third-order valence-electron chi connectivity index (χ3n) is 2.76. The molecule has 1 heterocycles. The van der Waals surface area contributed by atoms with Crippen LogP contribution in [0.15, 0.2) is 0 Å². The zero-order chi connectivity index (χ0) is 9.26. The molecule has 2 nitrogen and oxygen atoms in total. The third kappa shape index (κ3) is 1.85. The van der Waals surface area contributed by atoms with Crippen LogP contribution in [0.4, 0.5) is 5.13 Å². The maximum atomic E-state index is 5.69. The predicted octanol–water partition coefficient (Wildman–Crippen LogP) is 2.63. The van der Waals surface area contributed by atoms with Gasteiger partial charge in [-0.3, -0.25) is 0 Å². The standard InChI is InChI=1S/C10H16N2S/c1-2-3-7-4-5-8-9(6-7)13-10(11)12-8/h7H,2-6H2,1H3,(H2,11,12)/t7-/m0/s1. The Morgan fingerprint density at radius 3 is 3.23 bits per heavy atom. The number of nitrogens with two attached hydrogens (primary N) is 1. The molecule has 0 saturated heterocycles. The monoisotopic (exact) mass is 196 g/mol. The number of nitrogen functional groups attached to an aromatic ring is 1. The lowest BCUT2D eigenvalue weighted by Gasteiger charge is -2.19. The van der Waals surface area contributed by atoms with Gasteiger partial charge in [-0.2, -0.15) is 0 Å². The highest BCUT2D eigenvalue weighted by Gasteiger charge is 2.20. The molecule has 0 aliphatic heterocycles. The minimum absolute atomic E-state index is 0.752. The Morgan fingerprint density at radius 2 is 2.46 bits per heavy atom. The van der Waals surface area contributed by atoms with E-state index in [-0.39, 0.29) is 0 Å². The summed E-state index contributed by atoms with van der Waals surface area (Å²) in [6.45, 7) is 2.26. The van der Waals surface area contributed by atoms with Crippen LogP contribution in [0.1, 0.15) is 36.8 Å². The van der Waals surface area contributed by atoms with Crippen molar-refractivity contribution in [1.82, 2.24) is 4.98 Å². The van der Waals surface area contributed by atoms with Crippen LogP contribution in [0.2, 0.25) is 0 Å². The Hall–Kier alpha value is -0.570. The lowest BCUT2D eigenvalue weighted by molar-refractivity contribution is 0.424. The van der Waals surface area contributed by atoms with Gasteiger partial charge in [-0.1, -0.05) is 19.8 Å². The zero-order valence-electron chi connectivity index (χ0n) is 8.05. The summed E-state index contributed by atoms with van der Waals surface area (Å²) in [4.78, 5) is 5.79. The Balaban J connectivity index is 2.10. The molecule has 0 radical (unpaired) electrons. The molecule has 1 aliphatic rings. The van der Waals surface area contributed by atoms with E-state index >= 15 is 0 Å². The van der Waals surface area contributed by atoms with Crippen molar-refractivity contribution in [2.45, 2.75) is 39.0 Å². The van der Waals surface area contributed by atoms with Crippen LogP contribution in [-0.4, -0.2) is 4.98 Å².